The summed E-state index contributed by atoms with van der Waals surface area (Å²) in [6, 6.07) is 0. The minimum atomic E-state index is -0.475. The van der Waals surface area contributed by atoms with Gasteiger partial charge in [0.15, 0.2) is 11.4 Å². The zero-order chi connectivity index (χ0) is 14.2. The van der Waals surface area contributed by atoms with Crippen LogP contribution in [0.4, 0.5) is 0 Å². The maximum Gasteiger partial charge on any atom is 0.177 e. The molecule has 1 N–H and O–H groups in total. The largest absolute Gasteiger partial charge is 0.396 e. The second kappa shape index (κ2) is 6.02. The highest BCUT2D eigenvalue weighted by Gasteiger charge is 2.66. The Morgan fingerprint density at radius 3 is 2.85 bits per heavy atom. The molecule has 4 aliphatic rings. The van der Waals surface area contributed by atoms with E-state index < -0.39 is 5.60 Å². The van der Waals surface area contributed by atoms with Gasteiger partial charge in [-0.2, -0.15) is 0 Å². The Morgan fingerprint density at radius 2 is 2.15 bits per heavy atom. The molecule has 0 aromatic heterocycles. The first-order valence-corrected chi connectivity index (χ1v) is 8.55. The molecule has 112 valence electrons. The van der Waals surface area contributed by atoms with Crippen LogP contribution >= 0.6 is 22.6 Å². The molecule has 0 radical (unpaired) electrons. The van der Waals surface area contributed by atoms with Gasteiger partial charge in [0.2, 0.25) is 0 Å². The number of unbranched alkanes of at least 4 members (excludes halogenated alkanes) is 3. The van der Waals surface area contributed by atoms with Gasteiger partial charge in [0, 0.05) is 19.1 Å². The molecule has 4 rings (SSSR count). The van der Waals surface area contributed by atoms with E-state index in [2.05, 4.69) is 28.7 Å². The molecule has 0 aromatic carbocycles. The first-order valence-electron chi connectivity index (χ1n) is 7.47. The number of aliphatic hydroxyl groups excluding tert-OH is 1. The Morgan fingerprint density at radius 1 is 1.40 bits per heavy atom. The topological polar surface area (TPSA) is 59.1 Å². The van der Waals surface area contributed by atoms with E-state index >= 15 is 0 Å². The zero-order valence-corrected chi connectivity index (χ0v) is 13.7. The Hall–Kier alpha value is 0.0200. The normalized spacial score (nSPS) is 38.4. The van der Waals surface area contributed by atoms with Crippen LogP contribution in [0.3, 0.4) is 0 Å². The van der Waals surface area contributed by atoms with Crippen LogP contribution in [0, 0.1) is 11.8 Å². The van der Waals surface area contributed by atoms with Gasteiger partial charge in [0.1, 0.15) is 0 Å². The van der Waals surface area contributed by atoms with Crippen molar-refractivity contribution in [1.82, 2.24) is 0 Å². The minimum absolute atomic E-state index is 0.0404. The molecule has 4 nitrogen and oxygen atoms in total. The van der Waals surface area contributed by atoms with E-state index in [4.69, 9.17) is 14.6 Å². The molecular formula is C15H21IO4. The first-order chi connectivity index (χ1) is 9.69. The van der Waals surface area contributed by atoms with Gasteiger partial charge in [-0.1, -0.05) is 18.9 Å². The summed E-state index contributed by atoms with van der Waals surface area (Å²) in [6.45, 7) is 1.58. The van der Waals surface area contributed by atoms with Crippen LogP contribution in [0.1, 0.15) is 32.1 Å². The van der Waals surface area contributed by atoms with Crippen LogP contribution in [0.25, 0.3) is 0 Å². The third-order valence-electron chi connectivity index (χ3n) is 4.66. The quantitative estimate of drug-likeness (QED) is 0.410. The Balaban J connectivity index is 1.50. The molecule has 3 unspecified atom stereocenters. The van der Waals surface area contributed by atoms with Crippen LogP contribution in [0.5, 0.6) is 0 Å². The van der Waals surface area contributed by atoms with Crippen LogP contribution < -0.4 is 0 Å². The summed E-state index contributed by atoms with van der Waals surface area (Å²) in [4.78, 5) is 12.4. The van der Waals surface area contributed by atoms with Crippen molar-refractivity contribution in [3.05, 3.63) is 9.66 Å². The average Bonchev–Trinajstić information content (AvgIpc) is 3.22. The monoisotopic (exact) mass is 392 g/mol. The summed E-state index contributed by atoms with van der Waals surface area (Å²) in [5, 5.41) is 8.72. The molecule has 20 heavy (non-hydrogen) atoms. The predicted molar refractivity (Wildman–Crippen MR) is 82.7 cm³/mol. The molecule has 0 amide bonds. The van der Waals surface area contributed by atoms with Crippen LogP contribution in [0.2, 0.25) is 0 Å². The molecule has 1 heterocycles. The van der Waals surface area contributed by atoms with Crippen molar-refractivity contribution >= 4 is 28.4 Å². The highest BCUT2D eigenvalue weighted by atomic mass is 127. The van der Waals surface area contributed by atoms with Crippen molar-refractivity contribution in [2.45, 2.75) is 43.8 Å². The lowest BCUT2D eigenvalue weighted by Crippen LogP contribution is -2.53. The van der Waals surface area contributed by atoms with Crippen molar-refractivity contribution in [1.29, 1.82) is 0 Å². The molecule has 3 aliphatic carbocycles. The van der Waals surface area contributed by atoms with E-state index in [1.165, 1.54) is 3.58 Å². The third-order valence-corrected chi connectivity index (χ3v) is 5.77. The van der Waals surface area contributed by atoms with Gasteiger partial charge >= 0.3 is 0 Å². The number of hydrogen-bond acceptors (Lipinski definition) is 4. The number of carbonyl (C=O) groups is 1. The summed E-state index contributed by atoms with van der Waals surface area (Å²) < 4.78 is 12.7. The average molecular weight is 392 g/mol. The molecule has 1 aliphatic heterocycles. The summed E-state index contributed by atoms with van der Waals surface area (Å²) in [7, 11) is 0. The first kappa shape index (κ1) is 14.9. The Kier molecular flexibility index (Phi) is 4.50. The van der Waals surface area contributed by atoms with Crippen LogP contribution in [0.15, 0.2) is 9.66 Å². The maximum atomic E-state index is 12.4. The lowest BCUT2D eigenvalue weighted by molar-refractivity contribution is -0.140. The molecule has 1 saturated heterocycles. The summed E-state index contributed by atoms with van der Waals surface area (Å²) in [5.41, 5.74) is -0.475. The summed E-state index contributed by atoms with van der Waals surface area (Å²) >= 11 is 2.34. The van der Waals surface area contributed by atoms with Crippen molar-refractivity contribution in [2.75, 3.05) is 19.8 Å². The van der Waals surface area contributed by atoms with Gasteiger partial charge in [-0.3, -0.25) is 4.79 Å². The number of aliphatic hydroxyl groups is 1. The molecule has 2 fully saturated rings. The van der Waals surface area contributed by atoms with Gasteiger partial charge in [-0.25, -0.2) is 0 Å². The highest BCUT2D eigenvalue weighted by molar-refractivity contribution is 14.1. The number of halogens is 1. The number of ether oxygens (including phenoxy) is 2. The van der Waals surface area contributed by atoms with Gasteiger partial charge in [-0.15, -0.1) is 0 Å². The minimum Gasteiger partial charge on any atom is -0.396 e. The zero-order valence-electron chi connectivity index (χ0n) is 11.5. The molecule has 4 atom stereocenters. The smallest absolute Gasteiger partial charge is 0.177 e. The highest BCUT2D eigenvalue weighted by Crippen LogP contribution is 2.55. The van der Waals surface area contributed by atoms with E-state index in [0.29, 0.717) is 13.2 Å². The second-order valence-corrected chi connectivity index (χ2v) is 7.20. The van der Waals surface area contributed by atoms with Crippen molar-refractivity contribution in [2.24, 2.45) is 11.8 Å². The molecule has 0 aromatic rings. The van der Waals surface area contributed by atoms with Crippen molar-refractivity contribution < 1.29 is 19.4 Å². The predicted octanol–water partition coefficient (Wildman–Crippen LogP) is 2.23. The number of ketones is 1. The lowest BCUT2D eigenvalue weighted by atomic mass is 9.66. The van der Waals surface area contributed by atoms with Gasteiger partial charge in [0.25, 0.3) is 0 Å². The number of carbonyl (C=O) groups excluding carboxylic acids is 1. The standard InChI is InChI=1S/C15H21IO4/c16-12-7-10-13(19-6-4-2-1-3-5-17)8-11(12)15(9-20-15)14(10)18/h7,10-11,13,17H,1-6,8-9H2/t10?,11?,13?,15-/m1/s1. The third kappa shape index (κ3) is 2.58. The molecule has 2 bridgehead atoms. The number of Topliss-reactive ketones (excluding diaryl/α,β-unsaturated/α-hetero) is 1. The van der Waals surface area contributed by atoms with Crippen LogP contribution in [-0.4, -0.2) is 42.4 Å². The van der Waals surface area contributed by atoms with Crippen LogP contribution in [-0.2, 0) is 14.3 Å². The number of hydrogen-bond donors (Lipinski definition) is 1. The van der Waals surface area contributed by atoms with Crippen molar-refractivity contribution in [3.63, 3.8) is 0 Å². The van der Waals surface area contributed by atoms with Gasteiger partial charge < -0.3 is 14.6 Å². The molecule has 1 spiro atoms. The maximum absolute atomic E-state index is 12.4. The lowest BCUT2D eigenvalue weighted by Gasteiger charge is -2.42. The second-order valence-electron chi connectivity index (χ2n) is 5.96. The summed E-state index contributed by atoms with van der Waals surface area (Å²) in [6.07, 6.45) is 7.04. The van der Waals surface area contributed by atoms with Crippen molar-refractivity contribution in [3.8, 4) is 0 Å². The molecular weight excluding hydrogens is 371 g/mol. The van der Waals surface area contributed by atoms with E-state index in [0.717, 1.165) is 32.1 Å². The van der Waals surface area contributed by atoms with E-state index in [9.17, 15) is 4.79 Å². The van der Waals surface area contributed by atoms with Gasteiger partial charge in [-0.05, 0) is 45.4 Å². The van der Waals surface area contributed by atoms with E-state index in [1.807, 2.05) is 0 Å². The molecule has 5 heteroatoms. The SMILES string of the molecule is O=C1C2C=C(I)C(CC2OCCCCCCO)[C@]12CO2. The fourth-order valence-electron chi connectivity index (χ4n) is 3.39. The fraction of sp³-hybridized carbons (Fsp3) is 0.800. The number of fused-ring (bicyclic) bond motifs is 1. The fourth-order valence-corrected chi connectivity index (χ4v) is 4.54. The Bertz CT molecular complexity index is 416. The van der Waals surface area contributed by atoms with Gasteiger partial charge in [0.05, 0.1) is 18.6 Å². The number of rotatable bonds is 7. The van der Waals surface area contributed by atoms with E-state index in [1.54, 1.807) is 0 Å². The number of epoxide rings is 1. The Labute approximate surface area is 133 Å². The van der Waals surface area contributed by atoms with E-state index in [-0.39, 0.29) is 30.3 Å². The summed E-state index contributed by atoms with van der Waals surface area (Å²) in [5.74, 6) is 0.353. The molecule has 1 saturated carbocycles.